The molecule has 0 radical (unpaired) electrons. The maximum atomic E-state index is 11.9. The molecule has 1 N–H and O–H groups in total. The number of ether oxygens (including phenoxy) is 3. The molecule has 0 aromatic heterocycles. The van der Waals surface area contributed by atoms with Gasteiger partial charge in [0.1, 0.15) is 17.0 Å². The Morgan fingerprint density at radius 3 is 2.62 bits per heavy atom. The average Bonchev–Trinajstić information content (AvgIpc) is 2.52. The molecule has 0 saturated carbocycles. The van der Waals surface area contributed by atoms with E-state index in [1.165, 1.54) is 7.11 Å². The van der Waals surface area contributed by atoms with Crippen LogP contribution in [0.1, 0.15) is 26.7 Å². The summed E-state index contributed by atoms with van der Waals surface area (Å²) in [6.07, 6.45) is 1.47. The molecule has 0 spiro atoms. The third-order valence-corrected chi connectivity index (χ3v) is 3.31. The lowest BCUT2D eigenvalue weighted by Crippen LogP contribution is -2.51. The highest BCUT2D eigenvalue weighted by Crippen LogP contribution is 2.20. The Balaban J connectivity index is 2.58. The molecule has 0 aliphatic carbocycles. The van der Waals surface area contributed by atoms with E-state index in [4.69, 9.17) is 14.2 Å². The second kappa shape index (κ2) is 8.52. The minimum atomic E-state index is -0.733. The molecule has 5 nitrogen and oxygen atoms in total. The molecule has 1 unspecified atom stereocenters. The van der Waals surface area contributed by atoms with Crippen molar-refractivity contribution in [2.75, 3.05) is 27.4 Å². The van der Waals surface area contributed by atoms with Crippen molar-refractivity contribution in [2.24, 2.45) is 0 Å². The van der Waals surface area contributed by atoms with E-state index in [0.717, 1.165) is 24.5 Å². The lowest BCUT2D eigenvalue weighted by Gasteiger charge is -2.27. The van der Waals surface area contributed by atoms with Gasteiger partial charge in [0.15, 0.2) is 0 Å². The van der Waals surface area contributed by atoms with Crippen LogP contribution in [0.4, 0.5) is 0 Å². The fourth-order valence-corrected chi connectivity index (χ4v) is 1.95. The van der Waals surface area contributed by atoms with Crippen LogP contribution in [0.5, 0.6) is 11.5 Å². The van der Waals surface area contributed by atoms with Crippen LogP contribution in [-0.2, 0) is 9.53 Å². The molecule has 0 fully saturated rings. The van der Waals surface area contributed by atoms with Crippen LogP contribution in [0, 0.1) is 0 Å². The molecule has 1 aromatic rings. The summed E-state index contributed by atoms with van der Waals surface area (Å²) in [5.74, 6) is 1.19. The minimum Gasteiger partial charge on any atom is -0.497 e. The van der Waals surface area contributed by atoms with Crippen molar-refractivity contribution in [3.63, 3.8) is 0 Å². The predicted molar refractivity (Wildman–Crippen MR) is 81.8 cm³/mol. The van der Waals surface area contributed by atoms with E-state index < -0.39 is 5.54 Å². The van der Waals surface area contributed by atoms with Crippen molar-refractivity contribution < 1.29 is 19.0 Å². The number of carbonyl (C=O) groups excluding carboxylic acids is 1. The number of esters is 1. The van der Waals surface area contributed by atoms with Crippen LogP contribution in [0.25, 0.3) is 0 Å². The lowest BCUT2D eigenvalue weighted by atomic mass is 9.98. The van der Waals surface area contributed by atoms with Crippen LogP contribution in [-0.4, -0.2) is 38.9 Å². The number of methoxy groups -OCH3 is 2. The Morgan fingerprint density at radius 2 is 2.00 bits per heavy atom. The summed E-state index contributed by atoms with van der Waals surface area (Å²) in [7, 11) is 3.01. The molecule has 0 heterocycles. The zero-order valence-corrected chi connectivity index (χ0v) is 13.3. The molecule has 118 valence electrons. The minimum absolute atomic E-state index is 0.273. The van der Waals surface area contributed by atoms with E-state index in [-0.39, 0.29) is 5.97 Å². The number of benzene rings is 1. The topological polar surface area (TPSA) is 56.8 Å². The second-order valence-electron chi connectivity index (χ2n) is 5.03. The fraction of sp³-hybridized carbons (Fsp3) is 0.562. The zero-order valence-electron chi connectivity index (χ0n) is 13.3. The lowest BCUT2D eigenvalue weighted by molar-refractivity contribution is -0.148. The number of hydrogen-bond acceptors (Lipinski definition) is 5. The first-order valence-corrected chi connectivity index (χ1v) is 7.16. The Kier molecular flexibility index (Phi) is 7.02. The average molecular weight is 295 g/mol. The van der Waals surface area contributed by atoms with Crippen molar-refractivity contribution in [3.8, 4) is 11.5 Å². The number of hydrogen-bond donors (Lipinski definition) is 1. The van der Waals surface area contributed by atoms with E-state index in [9.17, 15) is 4.79 Å². The van der Waals surface area contributed by atoms with Crippen molar-refractivity contribution in [2.45, 2.75) is 32.2 Å². The van der Waals surface area contributed by atoms with Crippen LogP contribution in [0.3, 0.4) is 0 Å². The van der Waals surface area contributed by atoms with E-state index in [2.05, 4.69) is 12.2 Å². The fourth-order valence-electron chi connectivity index (χ4n) is 1.95. The molecule has 1 aromatic carbocycles. The monoisotopic (exact) mass is 295 g/mol. The molecule has 1 atom stereocenters. The molecule has 0 aliphatic heterocycles. The predicted octanol–water partition coefficient (Wildman–Crippen LogP) is 2.40. The normalized spacial score (nSPS) is 13.3. The number of carbonyl (C=O) groups is 1. The molecular weight excluding hydrogens is 270 g/mol. The zero-order chi connectivity index (χ0) is 15.7. The summed E-state index contributed by atoms with van der Waals surface area (Å²) in [6, 6.07) is 7.39. The van der Waals surface area contributed by atoms with Gasteiger partial charge in [0, 0.05) is 12.5 Å². The van der Waals surface area contributed by atoms with E-state index >= 15 is 0 Å². The van der Waals surface area contributed by atoms with Crippen molar-refractivity contribution >= 4 is 5.97 Å². The first-order valence-electron chi connectivity index (χ1n) is 7.16. The summed E-state index contributed by atoms with van der Waals surface area (Å²) in [6.45, 7) is 5.06. The van der Waals surface area contributed by atoms with Gasteiger partial charge in [0.05, 0.1) is 20.8 Å². The Labute approximate surface area is 126 Å². The highest BCUT2D eigenvalue weighted by Gasteiger charge is 2.33. The van der Waals surface area contributed by atoms with Crippen LogP contribution < -0.4 is 14.8 Å². The second-order valence-corrected chi connectivity index (χ2v) is 5.03. The molecule has 0 aliphatic rings. The highest BCUT2D eigenvalue weighted by atomic mass is 16.5. The van der Waals surface area contributed by atoms with Gasteiger partial charge in [0.2, 0.25) is 0 Å². The van der Waals surface area contributed by atoms with E-state index in [1.807, 2.05) is 31.2 Å². The van der Waals surface area contributed by atoms with E-state index in [0.29, 0.717) is 13.0 Å². The Morgan fingerprint density at radius 1 is 1.29 bits per heavy atom. The molecule has 1 rings (SSSR count). The molecule has 0 bridgehead atoms. The van der Waals surface area contributed by atoms with Gasteiger partial charge in [-0.3, -0.25) is 4.79 Å². The van der Waals surface area contributed by atoms with Gasteiger partial charge in [0.25, 0.3) is 0 Å². The quantitative estimate of drug-likeness (QED) is 0.709. The molecular formula is C16H25NO4. The molecule has 21 heavy (non-hydrogen) atoms. The van der Waals surface area contributed by atoms with Gasteiger partial charge < -0.3 is 19.5 Å². The van der Waals surface area contributed by atoms with Crippen molar-refractivity contribution in [1.29, 1.82) is 0 Å². The van der Waals surface area contributed by atoms with Gasteiger partial charge in [-0.1, -0.05) is 13.0 Å². The summed E-state index contributed by atoms with van der Waals surface area (Å²) < 4.78 is 15.7. The number of nitrogens with one attached hydrogen (secondary N) is 1. The van der Waals surface area contributed by atoms with Crippen LogP contribution in [0.15, 0.2) is 24.3 Å². The molecule has 0 amide bonds. The third kappa shape index (κ3) is 5.27. The van der Waals surface area contributed by atoms with Crippen LogP contribution >= 0.6 is 0 Å². The maximum absolute atomic E-state index is 11.9. The summed E-state index contributed by atoms with van der Waals surface area (Å²) in [5, 5.41) is 3.23. The summed E-state index contributed by atoms with van der Waals surface area (Å²) in [5.41, 5.74) is -0.733. The van der Waals surface area contributed by atoms with Crippen molar-refractivity contribution in [1.82, 2.24) is 5.32 Å². The highest BCUT2D eigenvalue weighted by molar-refractivity contribution is 5.80. The summed E-state index contributed by atoms with van der Waals surface area (Å²) >= 11 is 0. The van der Waals surface area contributed by atoms with Crippen molar-refractivity contribution in [3.05, 3.63) is 24.3 Å². The van der Waals surface area contributed by atoms with Gasteiger partial charge >= 0.3 is 5.97 Å². The van der Waals surface area contributed by atoms with Gasteiger partial charge in [-0.05, 0) is 32.0 Å². The van der Waals surface area contributed by atoms with Crippen LogP contribution in [0.2, 0.25) is 0 Å². The summed E-state index contributed by atoms with van der Waals surface area (Å²) in [4.78, 5) is 11.9. The van der Waals surface area contributed by atoms with Gasteiger partial charge in [-0.25, -0.2) is 0 Å². The smallest absolute Gasteiger partial charge is 0.325 e. The SMILES string of the molecule is CCCNC(C)(CCOc1cccc(OC)c1)C(=O)OC. The standard InChI is InChI=1S/C16H25NO4/c1-5-10-17-16(2,15(18)20-4)9-11-21-14-8-6-7-13(12-14)19-3/h6-8,12,17H,5,9-11H2,1-4H3. The maximum Gasteiger partial charge on any atom is 0.325 e. The molecule has 0 saturated heterocycles. The Hall–Kier alpha value is -1.75. The largest absolute Gasteiger partial charge is 0.497 e. The first-order chi connectivity index (χ1) is 10.1. The van der Waals surface area contributed by atoms with Gasteiger partial charge in [-0.15, -0.1) is 0 Å². The molecule has 5 heteroatoms. The van der Waals surface area contributed by atoms with E-state index in [1.54, 1.807) is 7.11 Å². The first kappa shape index (κ1) is 17.3. The Bertz CT molecular complexity index is 450. The van der Waals surface area contributed by atoms with Gasteiger partial charge in [-0.2, -0.15) is 0 Å². The third-order valence-electron chi connectivity index (χ3n) is 3.31. The number of rotatable bonds is 9.